The van der Waals surface area contributed by atoms with E-state index in [9.17, 15) is 4.79 Å². The molecule has 0 radical (unpaired) electrons. The van der Waals surface area contributed by atoms with Gasteiger partial charge in [-0.15, -0.1) is 0 Å². The lowest BCUT2D eigenvalue weighted by atomic mass is 10.1. The minimum absolute atomic E-state index is 0.0663. The summed E-state index contributed by atoms with van der Waals surface area (Å²) in [7, 11) is 0. The Morgan fingerprint density at radius 2 is 1.61 bits per heavy atom. The Labute approximate surface area is 175 Å². The molecular formula is C22H27BrN4O. The highest BCUT2D eigenvalue weighted by Gasteiger charge is 2.19. The number of nitrogens with zero attached hydrogens (tertiary/aromatic N) is 3. The van der Waals surface area contributed by atoms with E-state index in [2.05, 4.69) is 67.4 Å². The summed E-state index contributed by atoms with van der Waals surface area (Å²) in [6, 6.07) is 16.6. The van der Waals surface area contributed by atoms with Crippen LogP contribution >= 0.6 is 15.9 Å². The van der Waals surface area contributed by atoms with Crippen molar-refractivity contribution >= 4 is 27.5 Å². The van der Waals surface area contributed by atoms with Crippen LogP contribution in [-0.4, -0.2) is 54.1 Å². The third-order valence-corrected chi connectivity index (χ3v) is 5.50. The van der Waals surface area contributed by atoms with E-state index >= 15 is 0 Å². The van der Waals surface area contributed by atoms with Crippen molar-refractivity contribution in [3.8, 4) is 0 Å². The SMILES string of the molecule is C/C(=N\NC(=O)CN1CCN(Cc2ccc(C)cc2)CC1)c1ccc(Br)cc1. The highest BCUT2D eigenvalue weighted by atomic mass is 79.9. The molecule has 0 unspecified atom stereocenters. The fourth-order valence-corrected chi connectivity index (χ4v) is 3.46. The highest BCUT2D eigenvalue weighted by Crippen LogP contribution is 2.11. The summed E-state index contributed by atoms with van der Waals surface area (Å²) in [6.45, 7) is 9.10. The van der Waals surface area contributed by atoms with Crippen molar-refractivity contribution in [1.82, 2.24) is 15.2 Å². The molecule has 28 heavy (non-hydrogen) atoms. The van der Waals surface area contributed by atoms with Crippen molar-refractivity contribution < 1.29 is 4.79 Å². The smallest absolute Gasteiger partial charge is 0.254 e. The number of benzene rings is 2. The number of hydrazone groups is 1. The Hall–Kier alpha value is -2.02. The topological polar surface area (TPSA) is 47.9 Å². The summed E-state index contributed by atoms with van der Waals surface area (Å²) in [5, 5.41) is 4.23. The van der Waals surface area contributed by atoms with E-state index in [0.717, 1.165) is 48.5 Å². The van der Waals surface area contributed by atoms with Crippen LogP contribution < -0.4 is 5.43 Å². The third-order valence-electron chi connectivity index (χ3n) is 4.97. The monoisotopic (exact) mass is 442 g/mol. The van der Waals surface area contributed by atoms with Gasteiger partial charge in [-0.2, -0.15) is 5.10 Å². The molecule has 5 nitrogen and oxygen atoms in total. The van der Waals surface area contributed by atoms with E-state index in [4.69, 9.17) is 0 Å². The van der Waals surface area contributed by atoms with Crippen LogP contribution in [0.3, 0.4) is 0 Å². The van der Waals surface area contributed by atoms with Crippen molar-refractivity contribution in [2.75, 3.05) is 32.7 Å². The zero-order valence-corrected chi connectivity index (χ0v) is 18.1. The summed E-state index contributed by atoms with van der Waals surface area (Å²) in [5.74, 6) is -0.0663. The van der Waals surface area contributed by atoms with Gasteiger partial charge in [0.2, 0.25) is 0 Å². The summed E-state index contributed by atoms with van der Waals surface area (Å²) in [5.41, 5.74) is 7.10. The van der Waals surface area contributed by atoms with E-state index in [0.29, 0.717) is 6.54 Å². The van der Waals surface area contributed by atoms with Crippen LogP contribution in [-0.2, 0) is 11.3 Å². The van der Waals surface area contributed by atoms with E-state index in [1.165, 1.54) is 11.1 Å². The van der Waals surface area contributed by atoms with Crippen LogP contribution in [0.2, 0.25) is 0 Å². The minimum atomic E-state index is -0.0663. The number of rotatable bonds is 6. The number of aryl methyl sites for hydroxylation is 1. The van der Waals surface area contributed by atoms with Crippen LogP contribution in [0, 0.1) is 6.92 Å². The van der Waals surface area contributed by atoms with Crippen LogP contribution in [0.15, 0.2) is 58.1 Å². The Morgan fingerprint density at radius 3 is 2.25 bits per heavy atom. The first-order chi connectivity index (χ1) is 13.5. The molecule has 0 aromatic heterocycles. The van der Waals surface area contributed by atoms with Gasteiger partial charge in [-0.25, -0.2) is 5.43 Å². The number of piperazine rings is 1. The number of nitrogens with one attached hydrogen (secondary N) is 1. The first-order valence-corrected chi connectivity index (χ1v) is 10.4. The van der Waals surface area contributed by atoms with Gasteiger partial charge in [-0.05, 0) is 37.1 Å². The molecule has 1 amide bonds. The van der Waals surface area contributed by atoms with Gasteiger partial charge < -0.3 is 0 Å². The molecule has 6 heteroatoms. The first kappa shape index (κ1) is 20.7. The van der Waals surface area contributed by atoms with Crippen molar-refractivity contribution in [3.63, 3.8) is 0 Å². The van der Waals surface area contributed by atoms with Gasteiger partial charge in [0.05, 0.1) is 12.3 Å². The number of amides is 1. The van der Waals surface area contributed by atoms with Crippen molar-refractivity contribution in [3.05, 3.63) is 69.7 Å². The molecule has 0 spiro atoms. The first-order valence-electron chi connectivity index (χ1n) is 9.59. The maximum absolute atomic E-state index is 12.2. The van der Waals surface area contributed by atoms with Crippen molar-refractivity contribution in [2.45, 2.75) is 20.4 Å². The van der Waals surface area contributed by atoms with Gasteiger partial charge >= 0.3 is 0 Å². The van der Waals surface area contributed by atoms with E-state index in [1.54, 1.807) is 0 Å². The summed E-state index contributed by atoms with van der Waals surface area (Å²) >= 11 is 3.42. The zero-order valence-electron chi connectivity index (χ0n) is 16.5. The quantitative estimate of drug-likeness (QED) is 0.550. The molecule has 1 fully saturated rings. The molecule has 148 valence electrons. The third kappa shape index (κ3) is 6.26. The standard InChI is InChI=1S/C22H27BrN4O/c1-17-3-5-19(6-4-17)15-26-11-13-27(14-12-26)16-22(28)25-24-18(2)20-7-9-21(23)10-8-20/h3-10H,11-16H2,1-2H3,(H,25,28)/b24-18+. The molecule has 3 rings (SSSR count). The predicted molar refractivity (Wildman–Crippen MR) is 117 cm³/mol. The number of halogens is 1. The Kier molecular flexibility index (Phi) is 7.36. The number of hydrogen-bond acceptors (Lipinski definition) is 4. The minimum Gasteiger partial charge on any atom is -0.297 e. The van der Waals surface area contributed by atoms with E-state index < -0.39 is 0 Å². The van der Waals surface area contributed by atoms with Crippen LogP contribution in [0.5, 0.6) is 0 Å². The number of carbonyl (C=O) groups excluding carboxylic acids is 1. The Balaban J connectivity index is 1.41. The average Bonchev–Trinajstić information content (AvgIpc) is 2.70. The van der Waals surface area contributed by atoms with E-state index in [-0.39, 0.29) is 5.91 Å². The molecule has 1 saturated heterocycles. The predicted octanol–water partition coefficient (Wildman–Crippen LogP) is 3.42. The highest BCUT2D eigenvalue weighted by molar-refractivity contribution is 9.10. The van der Waals surface area contributed by atoms with Gasteiger partial charge in [-0.3, -0.25) is 14.6 Å². The summed E-state index contributed by atoms with van der Waals surface area (Å²) in [4.78, 5) is 16.8. The largest absolute Gasteiger partial charge is 0.297 e. The number of carbonyl (C=O) groups is 1. The summed E-state index contributed by atoms with van der Waals surface area (Å²) < 4.78 is 1.02. The van der Waals surface area contributed by atoms with Gasteiger partial charge in [0.1, 0.15) is 0 Å². The summed E-state index contributed by atoms with van der Waals surface area (Å²) in [6.07, 6.45) is 0. The van der Waals surface area contributed by atoms with E-state index in [1.807, 2.05) is 31.2 Å². The maximum Gasteiger partial charge on any atom is 0.254 e. The zero-order chi connectivity index (χ0) is 19.9. The second kappa shape index (κ2) is 9.96. The normalized spacial score (nSPS) is 16.2. The maximum atomic E-state index is 12.2. The second-order valence-electron chi connectivity index (χ2n) is 7.28. The lowest BCUT2D eigenvalue weighted by Crippen LogP contribution is -2.48. The Morgan fingerprint density at radius 1 is 1.00 bits per heavy atom. The van der Waals surface area contributed by atoms with Crippen molar-refractivity contribution in [1.29, 1.82) is 0 Å². The molecule has 2 aromatic rings. The fraction of sp³-hybridized carbons (Fsp3) is 0.364. The molecule has 1 aliphatic heterocycles. The van der Waals surface area contributed by atoms with Gasteiger partial charge in [0.15, 0.2) is 0 Å². The Bertz CT molecular complexity index is 809. The molecule has 1 N–H and O–H groups in total. The fourth-order valence-electron chi connectivity index (χ4n) is 3.20. The molecule has 1 heterocycles. The second-order valence-corrected chi connectivity index (χ2v) is 8.19. The molecule has 1 aliphatic rings. The molecule has 0 bridgehead atoms. The lowest BCUT2D eigenvalue weighted by molar-refractivity contribution is -0.122. The van der Waals surface area contributed by atoms with Gasteiger partial charge in [0, 0.05) is 37.2 Å². The molecule has 2 aromatic carbocycles. The molecule has 0 atom stereocenters. The molecule has 0 saturated carbocycles. The van der Waals surface area contributed by atoms with Gasteiger partial charge in [-0.1, -0.05) is 57.9 Å². The van der Waals surface area contributed by atoms with Crippen LogP contribution in [0.25, 0.3) is 0 Å². The number of hydrogen-bond donors (Lipinski definition) is 1. The molecule has 0 aliphatic carbocycles. The average molecular weight is 443 g/mol. The van der Waals surface area contributed by atoms with Crippen molar-refractivity contribution in [2.24, 2.45) is 5.10 Å². The van der Waals surface area contributed by atoms with Gasteiger partial charge in [0.25, 0.3) is 5.91 Å². The van der Waals surface area contributed by atoms with Crippen LogP contribution in [0.1, 0.15) is 23.6 Å². The molecular weight excluding hydrogens is 416 g/mol. The lowest BCUT2D eigenvalue weighted by Gasteiger charge is -2.34. The van der Waals surface area contributed by atoms with Crippen LogP contribution in [0.4, 0.5) is 0 Å².